The number of nitrogens with one attached hydrogen (secondary N) is 2. The van der Waals surface area contributed by atoms with Crippen molar-refractivity contribution in [3.8, 4) is 0 Å². The quantitative estimate of drug-likeness (QED) is 0.758. The highest BCUT2D eigenvalue weighted by Crippen LogP contribution is 2.25. The normalized spacial score (nSPS) is 17.3. The lowest BCUT2D eigenvalue weighted by Crippen LogP contribution is -2.24. The third-order valence-electron chi connectivity index (χ3n) is 3.25. The van der Waals surface area contributed by atoms with Crippen LogP contribution >= 0.6 is 0 Å². The first-order chi connectivity index (χ1) is 8.96. The number of H-pyrrole nitrogens is 1. The molecule has 0 radical (unpaired) electrons. The van der Waals surface area contributed by atoms with E-state index in [1.54, 1.807) is 0 Å². The maximum absolute atomic E-state index is 11.9. The van der Waals surface area contributed by atoms with Crippen molar-refractivity contribution in [2.75, 3.05) is 10.5 Å². The van der Waals surface area contributed by atoms with Crippen LogP contribution in [-0.2, 0) is 10.0 Å². The molecule has 1 aromatic rings. The number of carbonyl (C=O) groups is 1. The van der Waals surface area contributed by atoms with Gasteiger partial charge in [0.2, 0.25) is 10.0 Å². The number of carboxylic acid groups (broad SMARTS) is 1. The second-order valence-electron chi connectivity index (χ2n) is 4.86. The van der Waals surface area contributed by atoms with Crippen LogP contribution in [0.3, 0.4) is 0 Å². The molecule has 1 fully saturated rings. The van der Waals surface area contributed by atoms with Gasteiger partial charge >= 0.3 is 5.97 Å². The van der Waals surface area contributed by atoms with Gasteiger partial charge in [-0.15, -0.1) is 0 Å². The highest BCUT2D eigenvalue weighted by Gasteiger charge is 2.22. The van der Waals surface area contributed by atoms with E-state index < -0.39 is 16.0 Å². The van der Waals surface area contributed by atoms with Crippen LogP contribution in [0.5, 0.6) is 0 Å². The molecule has 1 aliphatic carbocycles. The Morgan fingerprint density at radius 3 is 2.68 bits per heavy atom. The Kier molecular flexibility index (Phi) is 4.08. The van der Waals surface area contributed by atoms with Crippen LogP contribution in [0, 0.1) is 5.92 Å². The highest BCUT2D eigenvalue weighted by molar-refractivity contribution is 7.92. The molecule has 1 saturated carbocycles. The number of carboxylic acids is 1. The minimum atomic E-state index is -3.47. The molecular weight excluding hydrogens is 270 g/mol. The average molecular weight is 287 g/mol. The van der Waals surface area contributed by atoms with Gasteiger partial charge in [0.05, 0.1) is 5.75 Å². The maximum Gasteiger partial charge on any atom is 0.353 e. The minimum Gasteiger partial charge on any atom is -0.477 e. The van der Waals surface area contributed by atoms with Crippen molar-refractivity contribution in [3.63, 3.8) is 0 Å². The number of hydrogen-bond acceptors (Lipinski definition) is 4. The zero-order valence-corrected chi connectivity index (χ0v) is 11.2. The number of aromatic nitrogens is 2. The number of nitrogens with zero attached hydrogens (tertiary/aromatic N) is 1. The summed E-state index contributed by atoms with van der Waals surface area (Å²) >= 11 is 0. The first-order valence-corrected chi connectivity index (χ1v) is 7.91. The van der Waals surface area contributed by atoms with Gasteiger partial charge in [-0.2, -0.15) is 5.10 Å². The molecule has 19 heavy (non-hydrogen) atoms. The number of aromatic amines is 1. The zero-order valence-electron chi connectivity index (χ0n) is 10.4. The molecule has 0 atom stereocenters. The van der Waals surface area contributed by atoms with E-state index in [0.29, 0.717) is 0 Å². The van der Waals surface area contributed by atoms with E-state index in [1.807, 2.05) is 0 Å². The van der Waals surface area contributed by atoms with E-state index in [0.717, 1.165) is 25.7 Å². The molecule has 1 aromatic heterocycles. The van der Waals surface area contributed by atoms with Crippen LogP contribution < -0.4 is 4.72 Å². The fourth-order valence-corrected chi connectivity index (χ4v) is 3.81. The molecule has 0 spiro atoms. The summed E-state index contributed by atoms with van der Waals surface area (Å²) in [4.78, 5) is 10.6. The molecule has 8 heteroatoms. The fourth-order valence-electron chi connectivity index (χ4n) is 2.35. The number of hydrogen-bond donors (Lipinski definition) is 3. The van der Waals surface area contributed by atoms with Crippen molar-refractivity contribution in [2.24, 2.45) is 5.92 Å². The van der Waals surface area contributed by atoms with Crippen molar-refractivity contribution in [3.05, 3.63) is 11.8 Å². The summed E-state index contributed by atoms with van der Waals surface area (Å²) in [6.07, 6.45) is 5.19. The van der Waals surface area contributed by atoms with Gasteiger partial charge in [-0.3, -0.25) is 9.82 Å². The molecule has 7 nitrogen and oxygen atoms in total. The van der Waals surface area contributed by atoms with E-state index in [4.69, 9.17) is 5.11 Å². The van der Waals surface area contributed by atoms with Crippen LogP contribution in [0.4, 0.5) is 5.82 Å². The highest BCUT2D eigenvalue weighted by atomic mass is 32.2. The Balaban J connectivity index is 1.97. The molecule has 0 aliphatic heterocycles. The molecule has 0 unspecified atom stereocenters. The molecule has 2 rings (SSSR count). The number of anilines is 1. The zero-order chi connectivity index (χ0) is 13.9. The van der Waals surface area contributed by atoms with Crippen molar-refractivity contribution < 1.29 is 18.3 Å². The summed E-state index contributed by atoms with van der Waals surface area (Å²) in [6.45, 7) is 0. The summed E-state index contributed by atoms with van der Waals surface area (Å²) in [5.74, 6) is -0.898. The van der Waals surface area contributed by atoms with E-state index in [9.17, 15) is 13.2 Å². The molecular formula is C11H17N3O4S. The summed E-state index contributed by atoms with van der Waals surface area (Å²) in [5, 5.41) is 14.6. The van der Waals surface area contributed by atoms with E-state index in [2.05, 4.69) is 14.9 Å². The first kappa shape index (κ1) is 13.9. The number of sulfonamides is 1. The van der Waals surface area contributed by atoms with E-state index >= 15 is 0 Å². The van der Waals surface area contributed by atoms with Gasteiger partial charge < -0.3 is 5.11 Å². The lowest BCUT2D eigenvalue weighted by Gasteiger charge is -2.21. The van der Waals surface area contributed by atoms with Gasteiger partial charge in [0, 0.05) is 6.07 Å². The molecule has 0 bridgehead atoms. The summed E-state index contributed by atoms with van der Waals surface area (Å²) in [7, 11) is -3.47. The topological polar surface area (TPSA) is 112 Å². The van der Waals surface area contributed by atoms with Gasteiger partial charge in [0.25, 0.3) is 0 Å². The monoisotopic (exact) mass is 287 g/mol. The summed E-state index contributed by atoms with van der Waals surface area (Å²) in [5.41, 5.74) is -0.143. The third kappa shape index (κ3) is 3.95. The molecule has 0 amide bonds. The van der Waals surface area contributed by atoms with Crippen LogP contribution in [0.15, 0.2) is 6.07 Å². The molecule has 0 aromatic carbocycles. The Bertz CT molecular complexity index is 546. The van der Waals surface area contributed by atoms with Crippen molar-refractivity contribution in [1.29, 1.82) is 0 Å². The molecule has 1 heterocycles. The fraction of sp³-hybridized carbons (Fsp3) is 0.636. The predicted molar refractivity (Wildman–Crippen MR) is 69.5 cm³/mol. The van der Waals surface area contributed by atoms with Gasteiger partial charge in [0.1, 0.15) is 5.69 Å². The molecule has 0 saturated heterocycles. The van der Waals surface area contributed by atoms with Gasteiger partial charge in [-0.25, -0.2) is 13.2 Å². The van der Waals surface area contributed by atoms with Crippen molar-refractivity contribution >= 4 is 21.8 Å². The van der Waals surface area contributed by atoms with Crippen LogP contribution in [0.2, 0.25) is 0 Å². The Morgan fingerprint density at radius 1 is 1.42 bits per heavy atom. The Morgan fingerprint density at radius 2 is 2.11 bits per heavy atom. The van der Waals surface area contributed by atoms with Crippen molar-refractivity contribution in [2.45, 2.75) is 32.1 Å². The van der Waals surface area contributed by atoms with Gasteiger partial charge in [-0.05, 0) is 18.8 Å². The largest absolute Gasteiger partial charge is 0.477 e. The minimum absolute atomic E-state index is 0.0215. The number of rotatable bonds is 5. The molecule has 106 valence electrons. The molecule has 1 aliphatic rings. The van der Waals surface area contributed by atoms with E-state index in [-0.39, 0.29) is 23.2 Å². The first-order valence-electron chi connectivity index (χ1n) is 6.25. The summed E-state index contributed by atoms with van der Waals surface area (Å²) < 4.78 is 26.2. The Hall–Kier alpha value is -1.57. The second-order valence-corrected chi connectivity index (χ2v) is 6.63. The van der Waals surface area contributed by atoms with Crippen LogP contribution in [0.1, 0.15) is 42.6 Å². The Labute approximate surface area is 111 Å². The SMILES string of the molecule is O=C(O)c1cc(NS(=O)(=O)CC2CCCCC2)n[nH]1. The standard InChI is InChI=1S/C11H17N3O4S/c15-11(16)9-6-10(13-12-9)14-19(17,18)7-8-4-2-1-3-5-8/h6,8H,1-5,7H2,(H,15,16)(H2,12,13,14). The van der Waals surface area contributed by atoms with E-state index in [1.165, 1.54) is 12.5 Å². The lowest BCUT2D eigenvalue weighted by atomic mass is 9.91. The van der Waals surface area contributed by atoms with Crippen molar-refractivity contribution in [1.82, 2.24) is 10.2 Å². The third-order valence-corrected chi connectivity index (χ3v) is 4.68. The number of aromatic carboxylic acids is 1. The maximum atomic E-state index is 11.9. The predicted octanol–water partition coefficient (Wildman–Crippen LogP) is 1.43. The smallest absolute Gasteiger partial charge is 0.353 e. The second kappa shape index (κ2) is 5.60. The van der Waals surface area contributed by atoms with Gasteiger partial charge in [-0.1, -0.05) is 19.3 Å². The van der Waals surface area contributed by atoms with Crippen LogP contribution in [0.25, 0.3) is 0 Å². The van der Waals surface area contributed by atoms with Gasteiger partial charge in [0.15, 0.2) is 5.82 Å². The van der Waals surface area contributed by atoms with Crippen LogP contribution in [-0.4, -0.2) is 35.4 Å². The average Bonchev–Trinajstić information content (AvgIpc) is 2.77. The lowest BCUT2D eigenvalue weighted by molar-refractivity contribution is 0.0690. The molecule has 3 N–H and O–H groups in total. The summed E-state index contributed by atoms with van der Waals surface area (Å²) in [6, 6.07) is 1.17.